The van der Waals surface area contributed by atoms with Gasteiger partial charge in [0, 0.05) is 44.1 Å². The smallest absolute Gasteiger partial charge is 0.249 e. The molecule has 0 aromatic heterocycles. The molecule has 2 N–H and O–H groups in total. The molecule has 154 valence electrons. The average molecular weight is 405 g/mol. The van der Waals surface area contributed by atoms with Crippen LogP contribution >= 0.6 is 12.4 Å². The van der Waals surface area contributed by atoms with E-state index in [4.69, 9.17) is 10.5 Å². The fourth-order valence-electron chi connectivity index (χ4n) is 6.95. The van der Waals surface area contributed by atoms with E-state index in [9.17, 15) is 4.79 Å². The summed E-state index contributed by atoms with van der Waals surface area (Å²) in [6.45, 7) is 3.43. The normalized spacial score (nSPS) is 39.1. The quantitative estimate of drug-likeness (QED) is 0.811. The van der Waals surface area contributed by atoms with Gasteiger partial charge in [0.25, 0.3) is 0 Å². The third-order valence-corrected chi connectivity index (χ3v) is 8.08. The Morgan fingerprint density at radius 1 is 1.14 bits per heavy atom. The zero-order valence-electron chi connectivity index (χ0n) is 16.8. The first-order valence-electron chi connectivity index (χ1n) is 10.8. The number of nitrogens with zero attached hydrogens (tertiary/aromatic N) is 1. The summed E-state index contributed by atoms with van der Waals surface area (Å²) in [7, 11) is 1.84. The number of rotatable bonds is 5. The number of likely N-dealkylation sites (tertiary alicyclic amines) is 1. The van der Waals surface area contributed by atoms with E-state index in [2.05, 4.69) is 11.0 Å². The Hall–Kier alpha value is -1.10. The highest BCUT2D eigenvalue weighted by molar-refractivity contribution is 5.94. The monoisotopic (exact) mass is 404 g/mol. The van der Waals surface area contributed by atoms with Gasteiger partial charge < -0.3 is 15.4 Å². The zero-order chi connectivity index (χ0) is 18.6. The van der Waals surface area contributed by atoms with Crippen LogP contribution in [0.1, 0.15) is 54.4 Å². The number of piperidine rings is 1. The zero-order valence-corrected chi connectivity index (χ0v) is 17.6. The molecule has 28 heavy (non-hydrogen) atoms. The number of primary amides is 1. The Bertz CT molecular complexity index is 715. The minimum atomic E-state index is -0.363. The Labute approximate surface area is 174 Å². The van der Waals surface area contributed by atoms with Crippen molar-refractivity contribution in [2.45, 2.75) is 44.1 Å². The van der Waals surface area contributed by atoms with Crippen LogP contribution in [0, 0.1) is 29.6 Å². The van der Waals surface area contributed by atoms with Gasteiger partial charge in [-0.3, -0.25) is 4.79 Å². The molecule has 4 unspecified atom stereocenters. The molecule has 1 aliphatic heterocycles. The van der Waals surface area contributed by atoms with Crippen LogP contribution in [0.4, 0.5) is 0 Å². The van der Waals surface area contributed by atoms with Crippen LogP contribution in [0.3, 0.4) is 0 Å². The maximum atomic E-state index is 12.1. The van der Waals surface area contributed by atoms with Crippen LogP contribution in [0.15, 0.2) is 24.3 Å². The predicted octanol–water partition coefficient (Wildman–Crippen LogP) is 3.83. The maximum Gasteiger partial charge on any atom is 0.249 e. The summed E-state index contributed by atoms with van der Waals surface area (Å²) in [6.07, 6.45) is 8.01. The summed E-state index contributed by atoms with van der Waals surface area (Å²) in [5.74, 6) is 3.55. The number of carbonyl (C=O) groups excluding carboxylic acids is 1. The van der Waals surface area contributed by atoms with Crippen LogP contribution in [-0.4, -0.2) is 37.6 Å². The lowest BCUT2D eigenvalue weighted by Gasteiger charge is -2.56. The third-order valence-electron chi connectivity index (χ3n) is 8.08. The van der Waals surface area contributed by atoms with Gasteiger partial charge in [0.05, 0.1) is 0 Å². The largest absolute Gasteiger partial charge is 0.373 e. The van der Waals surface area contributed by atoms with Crippen molar-refractivity contribution in [3.05, 3.63) is 35.4 Å². The van der Waals surface area contributed by atoms with E-state index in [0.29, 0.717) is 17.4 Å². The van der Waals surface area contributed by atoms with Crippen molar-refractivity contribution >= 4 is 18.3 Å². The molecule has 1 amide bonds. The topological polar surface area (TPSA) is 55.6 Å². The maximum absolute atomic E-state index is 12.1. The summed E-state index contributed by atoms with van der Waals surface area (Å²) >= 11 is 0. The molecule has 3 saturated carbocycles. The highest BCUT2D eigenvalue weighted by Crippen LogP contribution is 2.56. The number of fused-ring (bicyclic) bond motifs is 3. The van der Waals surface area contributed by atoms with Gasteiger partial charge >= 0.3 is 0 Å². The Balaban J connectivity index is 0.00000192. The third kappa shape index (κ3) is 3.18. The molecule has 1 saturated heterocycles. The lowest BCUT2D eigenvalue weighted by atomic mass is 9.61. The average Bonchev–Trinajstić information content (AvgIpc) is 3.27. The summed E-state index contributed by atoms with van der Waals surface area (Å²) < 4.78 is 6.33. The minimum absolute atomic E-state index is 0. The van der Waals surface area contributed by atoms with E-state index in [1.807, 2.05) is 25.3 Å². The lowest BCUT2D eigenvalue weighted by Crippen LogP contribution is -2.60. The Morgan fingerprint density at radius 3 is 2.39 bits per heavy atom. The van der Waals surface area contributed by atoms with E-state index in [-0.39, 0.29) is 23.9 Å². The van der Waals surface area contributed by atoms with Crippen molar-refractivity contribution in [1.29, 1.82) is 0 Å². The van der Waals surface area contributed by atoms with Gasteiger partial charge in [-0.05, 0) is 61.5 Å². The summed E-state index contributed by atoms with van der Waals surface area (Å²) in [4.78, 5) is 14.8. The van der Waals surface area contributed by atoms with E-state index in [1.54, 1.807) is 0 Å². The first kappa shape index (κ1) is 20.2. The molecular weight excluding hydrogens is 372 g/mol. The fraction of sp³-hybridized carbons (Fsp3) is 0.696. The van der Waals surface area contributed by atoms with Crippen LogP contribution in [0.2, 0.25) is 0 Å². The van der Waals surface area contributed by atoms with Gasteiger partial charge in [-0.1, -0.05) is 24.6 Å². The minimum Gasteiger partial charge on any atom is -0.373 e. The van der Waals surface area contributed by atoms with Crippen LogP contribution in [0.25, 0.3) is 0 Å². The molecule has 1 aromatic carbocycles. The highest BCUT2D eigenvalue weighted by atomic mass is 35.5. The number of nitrogens with two attached hydrogens (primary N) is 1. The standard InChI is InChI=1S/C23H32N2O2.ClH/c1-27-23(21-8-3-2-7-20(21)22(24)26)18-5-4-6-19(23)14-25(13-18)12-15-9-16-11-17(16)10-15;/h2-3,7-8,15-19H,4-6,9-14H2,1H3,(H2,24,26);1H. The van der Waals surface area contributed by atoms with Crippen LogP contribution < -0.4 is 5.73 Å². The summed E-state index contributed by atoms with van der Waals surface area (Å²) in [6, 6.07) is 7.87. The van der Waals surface area contributed by atoms with Crippen LogP contribution in [-0.2, 0) is 10.3 Å². The molecule has 0 radical (unpaired) electrons. The summed E-state index contributed by atoms with van der Waals surface area (Å²) in [5, 5.41) is 0. The molecule has 5 rings (SSSR count). The van der Waals surface area contributed by atoms with Gasteiger partial charge in [0.1, 0.15) is 5.60 Å². The van der Waals surface area contributed by atoms with Crippen molar-refractivity contribution in [2.24, 2.45) is 35.3 Å². The first-order chi connectivity index (χ1) is 13.1. The number of carbonyl (C=O) groups is 1. The highest BCUT2D eigenvalue weighted by Gasteiger charge is 2.55. The first-order valence-corrected chi connectivity index (χ1v) is 10.8. The predicted molar refractivity (Wildman–Crippen MR) is 112 cm³/mol. The Kier molecular flexibility index (Phi) is 5.49. The Morgan fingerprint density at radius 2 is 1.79 bits per heavy atom. The van der Waals surface area contributed by atoms with E-state index >= 15 is 0 Å². The second-order valence-electron chi connectivity index (χ2n) is 9.54. The molecule has 4 nitrogen and oxygen atoms in total. The molecular formula is C23H33ClN2O2. The second-order valence-corrected chi connectivity index (χ2v) is 9.54. The molecule has 4 fully saturated rings. The van der Waals surface area contributed by atoms with Gasteiger partial charge in [-0.15, -0.1) is 12.4 Å². The van der Waals surface area contributed by atoms with Crippen molar-refractivity contribution < 1.29 is 9.53 Å². The fourth-order valence-corrected chi connectivity index (χ4v) is 6.95. The van der Waals surface area contributed by atoms with Gasteiger partial charge in [0.2, 0.25) is 5.91 Å². The summed E-state index contributed by atoms with van der Waals surface area (Å²) in [5.41, 5.74) is 7.03. The number of hydrogen-bond acceptors (Lipinski definition) is 3. The number of ether oxygens (including phenoxy) is 1. The van der Waals surface area contributed by atoms with Crippen molar-refractivity contribution in [1.82, 2.24) is 4.90 Å². The second kappa shape index (κ2) is 7.62. The molecule has 5 heteroatoms. The molecule has 4 aliphatic rings. The van der Waals surface area contributed by atoms with Gasteiger partial charge in [-0.2, -0.15) is 0 Å². The SMILES string of the molecule is COC1(c2ccccc2C(N)=O)C2CCCC1CN(CC1CC3CC3C1)C2.Cl. The number of amides is 1. The molecule has 4 atom stereocenters. The number of halogens is 1. The molecule has 1 aromatic rings. The van der Waals surface area contributed by atoms with Gasteiger partial charge in [0.15, 0.2) is 0 Å². The van der Waals surface area contributed by atoms with Crippen LogP contribution in [0.5, 0.6) is 0 Å². The number of methoxy groups -OCH3 is 1. The van der Waals surface area contributed by atoms with Crippen molar-refractivity contribution in [3.8, 4) is 0 Å². The van der Waals surface area contributed by atoms with E-state index in [1.165, 1.54) is 45.1 Å². The van der Waals surface area contributed by atoms with Crippen molar-refractivity contribution in [3.63, 3.8) is 0 Å². The molecule has 2 bridgehead atoms. The van der Waals surface area contributed by atoms with Gasteiger partial charge in [-0.25, -0.2) is 0 Å². The number of hydrogen-bond donors (Lipinski definition) is 1. The van der Waals surface area contributed by atoms with E-state index in [0.717, 1.165) is 36.4 Å². The van der Waals surface area contributed by atoms with E-state index < -0.39 is 0 Å². The van der Waals surface area contributed by atoms with Crippen molar-refractivity contribution in [2.75, 3.05) is 26.7 Å². The molecule has 1 heterocycles. The lowest BCUT2D eigenvalue weighted by molar-refractivity contribution is -0.170. The molecule has 0 spiro atoms. The molecule has 3 aliphatic carbocycles. The number of benzene rings is 1.